The average molecular weight is 365 g/mol. The Kier molecular flexibility index (Phi) is 3.89. The predicted octanol–water partition coefficient (Wildman–Crippen LogP) is 1.63. The van der Waals surface area contributed by atoms with Crippen LogP contribution < -0.4 is 0 Å². The molecule has 5 heterocycles. The van der Waals surface area contributed by atoms with E-state index >= 15 is 0 Å². The van der Waals surface area contributed by atoms with Gasteiger partial charge in [-0.3, -0.25) is 4.90 Å². The quantitative estimate of drug-likeness (QED) is 0.538. The molecule has 0 aliphatic carbocycles. The van der Waals surface area contributed by atoms with Gasteiger partial charge >= 0.3 is 0 Å². The van der Waals surface area contributed by atoms with Crippen LogP contribution in [0.25, 0.3) is 11.5 Å². The molecule has 0 spiro atoms. The Hall–Kier alpha value is -3.14. The molecule has 0 aromatic carbocycles. The van der Waals surface area contributed by atoms with Crippen molar-refractivity contribution in [1.29, 1.82) is 0 Å². The van der Waals surface area contributed by atoms with Crippen molar-refractivity contribution in [1.82, 2.24) is 44.6 Å². The predicted molar refractivity (Wildman–Crippen MR) is 94.2 cm³/mol. The summed E-state index contributed by atoms with van der Waals surface area (Å²) >= 11 is 0. The molecule has 1 unspecified atom stereocenters. The molecule has 1 aliphatic rings. The Morgan fingerprint density at radius 3 is 2.81 bits per heavy atom. The minimum Gasteiger partial charge on any atom is -0.338 e. The van der Waals surface area contributed by atoms with Crippen LogP contribution in [0.3, 0.4) is 0 Å². The third kappa shape index (κ3) is 2.87. The summed E-state index contributed by atoms with van der Waals surface area (Å²) in [4.78, 5) is 6.53. The second kappa shape index (κ2) is 6.54. The first-order chi connectivity index (χ1) is 13.3. The Morgan fingerprint density at radius 2 is 2.07 bits per heavy atom. The lowest BCUT2D eigenvalue weighted by atomic mass is 9.95. The summed E-state index contributed by atoms with van der Waals surface area (Å²) in [6.45, 7) is 3.96. The fourth-order valence-electron chi connectivity index (χ4n) is 3.64. The van der Waals surface area contributed by atoms with E-state index < -0.39 is 0 Å². The molecule has 10 nitrogen and oxygen atoms in total. The van der Waals surface area contributed by atoms with Crippen LogP contribution in [0.4, 0.5) is 0 Å². The first kappa shape index (κ1) is 16.1. The highest BCUT2D eigenvalue weighted by molar-refractivity contribution is 5.39. The molecule has 0 N–H and O–H groups in total. The summed E-state index contributed by atoms with van der Waals surface area (Å²) in [6.07, 6.45) is 7.01. The van der Waals surface area contributed by atoms with Gasteiger partial charge in [-0.05, 0) is 51.1 Å². The summed E-state index contributed by atoms with van der Waals surface area (Å²) in [5.74, 6) is 2.62. The zero-order valence-corrected chi connectivity index (χ0v) is 14.9. The van der Waals surface area contributed by atoms with Crippen molar-refractivity contribution in [3.05, 3.63) is 48.6 Å². The lowest BCUT2D eigenvalue weighted by Crippen LogP contribution is -2.35. The second-order valence-electron chi connectivity index (χ2n) is 6.74. The number of rotatable bonds is 4. The zero-order valence-electron chi connectivity index (χ0n) is 14.9. The van der Waals surface area contributed by atoms with E-state index in [0.29, 0.717) is 11.8 Å². The highest BCUT2D eigenvalue weighted by Crippen LogP contribution is 2.30. The maximum Gasteiger partial charge on any atom is 0.243 e. The topological polar surface area (TPSA) is 103 Å². The van der Waals surface area contributed by atoms with Gasteiger partial charge < -0.3 is 4.52 Å². The van der Waals surface area contributed by atoms with Gasteiger partial charge in [0.2, 0.25) is 5.89 Å². The van der Waals surface area contributed by atoms with Crippen molar-refractivity contribution in [3.63, 3.8) is 0 Å². The molecular formula is C17H19N9O. The SMILES string of the molecule is CC(c1ncno1)N1CCC(c2nnc3ccc(-n4cccn4)nn23)CC1. The van der Waals surface area contributed by atoms with Crippen LogP contribution in [0.2, 0.25) is 0 Å². The number of likely N-dealkylation sites (tertiary alicyclic amines) is 1. The summed E-state index contributed by atoms with van der Waals surface area (Å²) in [6, 6.07) is 5.82. The Balaban J connectivity index is 1.36. The third-order valence-corrected chi connectivity index (χ3v) is 5.19. The molecule has 4 aromatic heterocycles. The summed E-state index contributed by atoms with van der Waals surface area (Å²) < 4.78 is 8.79. The highest BCUT2D eigenvalue weighted by atomic mass is 16.5. The number of fused-ring (bicyclic) bond motifs is 1. The van der Waals surface area contributed by atoms with Gasteiger partial charge in [-0.2, -0.15) is 14.6 Å². The minimum atomic E-state index is 0.119. The van der Waals surface area contributed by atoms with E-state index in [-0.39, 0.29) is 6.04 Å². The van der Waals surface area contributed by atoms with Crippen molar-refractivity contribution >= 4 is 5.65 Å². The van der Waals surface area contributed by atoms with Gasteiger partial charge in [-0.1, -0.05) is 5.16 Å². The fourth-order valence-corrected chi connectivity index (χ4v) is 3.64. The molecular weight excluding hydrogens is 346 g/mol. The molecule has 1 fully saturated rings. The second-order valence-corrected chi connectivity index (χ2v) is 6.74. The molecule has 10 heteroatoms. The zero-order chi connectivity index (χ0) is 18.2. The van der Waals surface area contributed by atoms with Crippen LogP contribution in [0.15, 0.2) is 41.4 Å². The first-order valence-electron chi connectivity index (χ1n) is 9.02. The normalized spacial score (nSPS) is 17.5. The molecule has 0 radical (unpaired) electrons. The number of hydrogen-bond donors (Lipinski definition) is 0. The largest absolute Gasteiger partial charge is 0.338 e. The number of nitrogens with zero attached hydrogens (tertiary/aromatic N) is 9. The van der Waals surface area contributed by atoms with Crippen LogP contribution in [-0.4, -0.2) is 57.7 Å². The van der Waals surface area contributed by atoms with Crippen molar-refractivity contribution in [2.75, 3.05) is 13.1 Å². The van der Waals surface area contributed by atoms with Gasteiger partial charge in [0.15, 0.2) is 23.6 Å². The Labute approximate surface area is 154 Å². The van der Waals surface area contributed by atoms with Gasteiger partial charge in [-0.15, -0.1) is 15.3 Å². The van der Waals surface area contributed by atoms with Crippen molar-refractivity contribution in [3.8, 4) is 5.82 Å². The monoisotopic (exact) mass is 365 g/mol. The smallest absolute Gasteiger partial charge is 0.243 e. The van der Waals surface area contributed by atoms with Crippen LogP contribution in [0.5, 0.6) is 0 Å². The molecule has 4 aromatic rings. The van der Waals surface area contributed by atoms with E-state index in [2.05, 4.69) is 37.3 Å². The number of aromatic nitrogens is 8. The fraction of sp³-hybridized carbons (Fsp3) is 0.412. The van der Waals surface area contributed by atoms with Gasteiger partial charge in [0.05, 0.1) is 6.04 Å². The van der Waals surface area contributed by atoms with Gasteiger partial charge in [0, 0.05) is 18.3 Å². The van der Waals surface area contributed by atoms with Crippen LogP contribution in [0, 0.1) is 0 Å². The summed E-state index contributed by atoms with van der Waals surface area (Å²) in [7, 11) is 0. The molecule has 0 saturated carbocycles. The Bertz CT molecular complexity index is 1020. The van der Waals surface area contributed by atoms with E-state index in [4.69, 9.17) is 9.62 Å². The van der Waals surface area contributed by atoms with Crippen LogP contribution in [0.1, 0.15) is 43.4 Å². The Morgan fingerprint density at radius 1 is 1.19 bits per heavy atom. The van der Waals surface area contributed by atoms with E-state index in [9.17, 15) is 0 Å². The lowest BCUT2D eigenvalue weighted by Gasteiger charge is -2.33. The van der Waals surface area contributed by atoms with E-state index in [1.54, 1.807) is 10.9 Å². The molecule has 1 atom stereocenters. The molecule has 0 bridgehead atoms. The van der Waals surface area contributed by atoms with Gasteiger partial charge in [-0.25, -0.2) is 4.68 Å². The van der Waals surface area contributed by atoms with Gasteiger partial charge in [0.1, 0.15) is 0 Å². The molecule has 1 saturated heterocycles. The first-order valence-corrected chi connectivity index (χ1v) is 9.02. The van der Waals surface area contributed by atoms with Crippen molar-refractivity contribution in [2.24, 2.45) is 0 Å². The number of piperidine rings is 1. The molecule has 0 amide bonds. The third-order valence-electron chi connectivity index (χ3n) is 5.19. The van der Waals surface area contributed by atoms with Crippen molar-refractivity contribution < 1.29 is 4.52 Å². The maximum atomic E-state index is 5.21. The van der Waals surface area contributed by atoms with Gasteiger partial charge in [0.25, 0.3) is 0 Å². The van der Waals surface area contributed by atoms with Crippen LogP contribution >= 0.6 is 0 Å². The maximum absolute atomic E-state index is 5.21. The van der Waals surface area contributed by atoms with E-state index in [0.717, 1.165) is 43.2 Å². The average Bonchev–Trinajstić information content (AvgIpc) is 3.48. The van der Waals surface area contributed by atoms with Crippen LogP contribution in [-0.2, 0) is 0 Å². The molecule has 27 heavy (non-hydrogen) atoms. The van der Waals surface area contributed by atoms with Crippen molar-refractivity contribution in [2.45, 2.75) is 31.7 Å². The summed E-state index contributed by atoms with van der Waals surface area (Å²) in [5, 5.41) is 21.4. The molecule has 138 valence electrons. The lowest BCUT2D eigenvalue weighted by molar-refractivity contribution is 0.134. The highest BCUT2D eigenvalue weighted by Gasteiger charge is 2.29. The van der Waals surface area contributed by atoms with E-state index in [1.807, 2.05) is 28.9 Å². The molecule has 5 rings (SSSR count). The van der Waals surface area contributed by atoms with E-state index in [1.165, 1.54) is 6.33 Å². The summed E-state index contributed by atoms with van der Waals surface area (Å²) in [5.41, 5.74) is 0.752. The standard InChI is InChI=1S/C17H19N9O/c1-12(17-18-11-20-27-17)24-9-5-13(6-10-24)16-22-21-14-3-4-15(23-26(14)16)25-8-2-7-19-25/h2-4,7-8,11-13H,5-6,9-10H2,1H3. The molecule has 1 aliphatic heterocycles. The number of hydrogen-bond acceptors (Lipinski definition) is 8. The minimum absolute atomic E-state index is 0.119.